The summed E-state index contributed by atoms with van der Waals surface area (Å²) in [6.45, 7) is 8.84. The Morgan fingerprint density at radius 1 is 0.945 bits per heavy atom. The molecule has 1 unspecified atom stereocenters. The van der Waals surface area contributed by atoms with E-state index in [1.807, 2.05) is 85.8 Å². The molecule has 12 heteroatoms. The fourth-order valence-electron chi connectivity index (χ4n) is 6.90. The van der Waals surface area contributed by atoms with Gasteiger partial charge in [0.2, 0.25) is 23.6 Å². The molecule has 3 aromatic carbocycles. The van der Waals surface area contributed by atoms with E-state index in [9.17, 15) is 24.0 Å². The first-order valence-electron chi connectivity index (χ1n) is 19.3. The minimum atomic E-state index is -1.34. The predicted octanol–water partition coefficient (Wildman–Crippen LogP) is 4.76. The van der Waals surface area contributed by atoms with Gasteiger partial charge in [0, 0.05) is 26.1 Å². The zero-order chi connectivity index (χ0) is 39.4. The number of carbonyl (C=O) groups excluding carboxylic acids is 5. The molecule has 4 N–H and O–H groups in total. The van der Waals surface area contributed by atoms with Crippen LogP contribution in [0.4, 0.5) is 4.79 Å². The smallest absolute Gasteiger partial charge is 0.408 e. The molecule has 1 fully saturated rings. The van der Waals surface area contributed by atoms with Gasteiger partial charge in [0.1, 0.15) is 29.5 Å². The van der Waals surface area contributed by atoms with Gasteiger partial charge < -0.3 is 35.6 Å². The molecule has 0 spiro atoms. The van der Waals surface area contributed by atoms with Crippen LogP contribution in [0.15, 0.2) is 78.9 Å². The maximum absolute atomic E-state index is 14.3. The molecule has 0 radical (unpaired) electrons. The zero-order valence-corrected chi connectivity index (χ0v) is 32.4. The lowest BCUT2D eigenvalue weighted by Crippen LogP contribution is -2.58. The number of hydrogen-bond acceptors (Lipinski definition) is 7. The van der Waals surface area contributed by atoms with Gasteiger partial charge in [0.05, 0.1) is 13.0 Å². The molecule has 0 aliphatic carbocycles. The van der Waals surface area contributed by atoms with Crippen LogP contribution in [-0.4, -0.2) is 78.0 Å². The fraction of sp³-hybridized carbons (Fsp3) is 0.465. The van der Waals surface area contributed by atoms with Gasteiger partial charge in [-0.2, -0.15) is 0 Å². The number of alkyl carbamates (subject to hydrolysis) is 1. The molecule has 1 saturated heterocycles. The van der Waals surface area contributed by atoms with Crippen molar-refractivity contribution in [3.63, 3.8) is 0 Å². The zero-order valence-electron chi connectivity index (χ0n) is 32.4. The van der Waals surface area contributed by atoms with Crippen molar-refractivity contribution >= 4 is 29.7 Å². The number of nitrogens with one attached hydrogen (secondary N) is 4. The van der Waals surface area contributed by atoms with Crippen LogP contribution in [0.1, 0.15) is 75.1 Å². The van der Waals surface area contributed by atoms with Crippen LogP contribution < -0.4 is 26.0 Å². The molecule has 0 aromatic heterocycles. The van der Waals surface area contributed by atoms with Crippen molar-refractivity contribution in [2.75, 3.05) is 19.7 Å². The highest BCUT2D eigenvalue weighted by Crippen LogP contribution is 2.23. The fourth-order valence-corrected chi connectivity index (χ4v) is 6.90. The van der Waals surface area contributed by atoms with E-state index >= 15 is 0 Å². The van der Waals surface area contributed by atoms with Crippen LogP contribution in [0.2, 0.25) is 0 Å². The van der Waals surface area contributed by atoms with Crippen molar-refractivity contribution in [1.82, 2.24) is 26.2 Å². The lowest BCUT2D eigenvalue weighted by molar-refractivity contribution is -0.138. The van der Waals surface area contributed by atoms with Crippen molar-refractivity contribution in [3.8, 4) is 5.75 Å². The lowest BCUT2D eigenvalue weighted by atomic mass is 9.94. The number of carbonyl (C=O) groups is 5. The molecule has 2 aliphatic rings. The highest BCUT2D eigenvalue weighted by atomic mass is 16.6. The summed E-state index contributed by atoms with van der Waals surface area (Å²) in [5.74, 6) is -1.12. The van der Waals surface area contributed by atoms with Gasteiger partial charge in [-0.25, -0.2) is 4.79 Å². The lowest BCUT2D eigenvalue weighted by Gasteiger charge is -2.34. The third-order valence-corrected chi connectivity index (χ3v) is 9.94. The summed E-state index contributed by atoms with van der Waals surface area (Å²) < 4.78 is 11.6. The Labute approximate surface area is 324 Å². The normalized spacial score (nSPS) is 20.4. The Balaban J connectivity index is 1.44. The van der Waals surface area contributed by atoms with E-state index in [1.165, 1.54) is 0 Å². The van der Waals surface area contributed by atoms with E-state index in [1.54, 1.807) is 25.7 Å². The Hall–Kier alpha value is -5.39. The van der Waals surface area contributed by atoms with E-state index < -0.39 is 47.5 Å². The summed E-state index contributed by atoms with van der Waals surface area (Å²) in [5.41, 5.74) is 2.82. The SMILES string of the molecule is Cc1ccc2cc1CNC(=O)[C@H](CCc1ccccc1)NC(=O)[C@@H](NC(=O)[C@H](Cc1ccccc1)NC(=O)OC(C)(C)C)CC(=O)N1CCCC(CCO2)C1. The number of ether oxygens (including phenoxy) is 2. The summed E-state index contributed by atoms with van der Waals surface area (Å²) in [6, 6.07) is 21.1. The number of fused-ring (bicyclic) bond motifs is 4. The van der Waals surface area contributed by atoms with Crippen molar-refractivity contribution in [2.45, 2.75) is 103 Å². The highest BCUT2D eigenvalue weighted by molar-refractivity contribution is 5.96. The van der Waals surface area contributed by atoms with Crippen molar-refractivity contribution in [3.05, 3.63) is 101 Å². The largest absolute Gasteiger partial charge is 0.494 e. The first-order chi connectivity index (χ1) is 26.3. The van der Waals surface area contributed by atoms with E-state index in [-0.39, 0.29) is 37.6 Å². The molecule has 3 aromatic rings. The van der Waals surface area contributed by atoms with Gasteiger partial charge in [0.25, 0.3) is 0 Å². The highest BCUT2D eigenvalue weighted by Gasteiger charge is 2.34. The molecular formula is C43H55N5O7. The maximum Gasteiger partial charge on any atom is 0.408 e. The summed E-state index contributed by atoms with van der Waals surface area (Å²) in [7, 11) is 0. The van der Waals surface area contributed by atoms with E-state index in [0.717, 1.165) is 41.5 Å². The minimum absolute atomic E-state index is 0.104. The number of rotatable bonds is 8. The van der Waals surface area contributed by atoms with E-state index in [4.69, 9.17) is 9.47 Å². The van der Waals surface area contributed by atoms with Crippen LogP contribution in [0.25, 0.3) is 0 Å². The molecule has 2 heterocycles. The summed E-state index contributed by atoms with van der Waals surface area (Å²) in [4.78, 5) is 70.9. The molecular weight excluding hydrogens is 699 g/mol. The van der Waals surface area contributed by atoms with Gasteiger partial charge in [-0.05, 0) is 100 Å². The number of hydrogen-bond donors (Lipinski definition) is 4. The Morgan fingerprint density at radius 3 is 2.36 bits per heavy atom. The second-order valence-corrected chi connectivity index (χ2v) is 15.5. The summed E-state index contributed by atoms with van der Waals surface area (Å²) in [6.07, 6.45) is 2.22. The van der Waals surface area contributed by atoms with Crippen molar-refractivity contribution in [1.29, 1.82) is 0 Å². The Morgan fingerprint density at radius 2 is 1.65 bits per heavy atom. The Kier molecular flexibility index (Phi) is 14.3. The predicted molar refractivity (Wildman–Crippen MR) is 209 cm³/mol. The average Bonchev–Trinajstić information content (AvgIpc) is 3.15. The van der Waals surface area contributed by atoms with E-state index in [2.05, 4.69) is 21.3 Å². The number of piperidine rings is 1. The third-order valence-electron chi connectivity index (χ3n) is 9.94. The molecule has 2 aliphatic heterocycles. The molecule has 4 atom stereocenters. The number of nitrogens with zero attached hydrogens (tertiary/aromatic N) is 1. The first-order valence-corrected chi connectivity index (χ1v) is 19.3. The maximum atomic E-state index is 14.3. The van der Waals surface area contributed by atoms with Gasteiger partial charge in [0.15, 0.2) is 0 Å². The summed E-state index contributed by atoms with van der Waals surface area (Å²) in [5, 5.41) is 11.3. The number of aryl methyl sites for hydroxylation is 2. The topological polar surface area (TPSA) is 155 Å². The van der Waals surface area contributed by atoms with Gasteiger partial charge in [-0.15, -0.1) is 0 Å². The van der Waals surface area contributed by atoms with E-state index in [0.29, 0.717) is 31.9 Å². The van der Waals surface area contributed by atoms with Crippen LogP contribution in [0, 0.1) is 12.8 Å². The minimum Gasteiger partial charge on any atom is -0.494 e. The van der Waals surface area contributed by atoms with Crippen LogP contribution in [0.5, 0.6) is 5.75 Å². The van der Waals surface area contributed by atoms with Gasteiger partial charge in [-0.3, -0.25) is 19.2 Å². The molecule has 5 amide bonds. The molecule has 0 saturated carbocycles. The quantitative estimate of drug-likeness (QED) is 0.259. The number of amides is 5. The van der Waals surface area contributed by atoms with Crippen LogP contribution in [0.3, 0.4) is 0 Å². The number of benzene rings is 3. The molecule has 5 rings (SSSR count). The van der Waals surface area contributed by atoms with Gasteiger partial charge >= 0.3 is 6.09 Å². The second-order valence-electron chi connectivity index (χ2n) is 15.5. The molecule has 55 heavy (non-hydrogen) atoms. The standard InChI is InChI=1S/C43H55N5O7/c1-29-17-19-34-25-33(29)27-44-39(50)35(20-18-30-12-7-5-8-13-30)45-41(52)37(26-38(49)48-22-11-16-32(28-48)21-23-54-34)46-40(51)36(24-31-14-9-6-10-15-31)47-42(53)55-43(2,3)4/h5-10,12-15,17,19,25,32,35-37H,11,16,18,20-24,26-28H2,1-4H3,(H,44,50)(H,45,52)(H,46,51)(H,47,53)/t32?,35-,36-,37-/m0/s1. The second kappa shape index (κ2) is 19.3. The average molecular weight is 754 g/mol. The molecule has 12 nitrogen and oxygen atoms in total. The van der Waals surface area contributed by atoms with Crippen molar-refractivity contribution in [2.24, 2.45) is 5.92 Å². The van der Waals surface area contributed by atoms with Crippen molar-refractivity contribution < 1.29 is 33.4 Å². The molecule has 4 bridgehead atoms. The first kappa shape index (κ1) is 40.8. The Bertz CT molecular complexity index is 1780. The van der Waals surface area contributed by atoms with Crippen LogP contribution >= 0.6 is 0 Å². The van der Waals surface area contributed by atoms with Gasteiger partial charge in [-0.1, -0.05) is 66.7 Å². The summed E-state index contributed by atoms with van der Waals surface area (Å²) >= 11 is 0. The van der Waals surface area contributed by atoms with Crippen LogP contribution in [-0.2, 0) is 43.3 Å². The third kappa shape index (κ3) is 12.9. The molecule has 294 valence electrons. The monoisotopic (exact) mass is 753 g/mol.